The van der Waals surface area contributed by atoms with Crippen molar-refractivity contribution in [3.63, 3.8) is 0 Å². The fraction of sp³-hybridized carbons (Fsp3) is 0.700. The maximum Gasteiger partial charge on any atom is 0.202 e. The van der Waals surface area contributed by atoms with Gasteiger partial charge in [-0.25, -0.2) is 4.98 Å². The highest BCUT2D eigenvalue weighted by molar-refractivity contribution is 5.25. The van der Waals surface area contributed by atoms with Crippen LogP contribution in [0.3, 0.4) is 0 Å². The van der Waals surface area contributed by atoms with Gasteiger partial charge in [-0.05, 0) is 19.3 Å². The molecule has 0 saturated heterocycles. The zero-order valence-electron chi connectivity index (χ0n) is 8.75. The highest BCUT2D eigenvalue weighted by Crippen LogP contribution is 2.08. The van der Waals surface area contributed by atoms with E-state index < -0.39 is 0 Å². The largest absolute Gasteiger partial charge is 0.356 e. The molecule has 0 aliphatic heterocycles. The van der Waals surface area contributed by atoms with Gasteiger partial charge in [-0.3, -0.25) is 0 Å². The van der Waals surface area contributed by atoms with E-state index in [2.05, 4.69) is 35.6 Å². The number of hydrogen-bond donors (Lipinski definition) is 1. The van der Waals surface area contributed by atoms with Gasteiger partial charge in [0.05, 0.1) is 0 Å². The Morgan fingerprint density at radius 2 is 2.31 bits per heavy atom. The van der Waals surface area contributed by atoms with Crippen LogP contribution in [-0.4, -0.2) is 16.1 Å². The van der Waals surface area contributed by atoms with Crippen molar-refractivity contribution in [2.24, 2.45) is 5.92 Å². The normalized spacial score (nSPS) is 10.8. The summed E-state index contributed by atoms with van der Waals surface area (Å²) in [5, 5.41) is 3.23. The lowest BCUT2D eigenvalue weighted by Crippen LogP contribution is -2.07. The van der Waals surface area contributed by atoms with Crippen molar-refractivity contribution < 1.29 is 0 Å². The molecule has 1 heterocycles. The summed E-state index contributed by atoms with van der Waals surface area (Å²) >= 11 is 0. The van der Waals surface area contributed by atoms with E-state index in [1.54, 1.807) is 0 Å². The maximum atomic E-state index is 4.24. The van der Waals surface area contributed by atoms with E-state index in [9.17, 15) is 0 Å². The maximum absolute atomic E-state index is 4.24. The minimum absolute atomic E-state index is 0.747. The molecule has 0 aromatic carbocycles. The number of aromatic nitrogens is 2. The Kier molecular flexibility index (Phi) is 3.80. The molecule has 74 valence electrons. The molecule has 0 fully saturated rings. The van der Waals surface area contributed by atoms with Crippen LogP contribution in [0.4, 0.5) is 5.95 Å². The zero-order valence-corrected chi connectivity index (χ0v) is 8.75. The number of nitrogens with zero attached hydrogens (tertiary/aromatic N) is 2. The van der Waals surface area contributed by atoms with E-state index in [1.165, 1.54) is 6.42 Å². The molecule has 1 N–H and O–H groups in total. The van der Waals surface area contributed by atoms with Gasteiger partial charge in [0.15, 0.2) is 0 Å². The SMILES string of the molecule is CCNc1nccn1CCC(C)C. The molecule has 0 amide bonds. The second-order valence-electron chi connectivity index (χ2n) is 3.66. The summed E-state index contributed by atoms with van der Waals surface area (Å²) in [5.74, 6) is 1.74. The molecule has 13 heavy (non-hydrogen) atoms. The number of aryl methyl sites for hydroxylation is 1. The fourth-order valence-electron chi connectivity index (χ4n) is 1.21. The van der Waals surface area contributed by atoms with Gasteiger partial charge in [-0.15, -0.1) is 0 Å². The monoisotopic (exact) mass is 181 g/mol. The summed E-state index contributed by atoms with van der Waals surface area (Å²) in [6, 6.07) is 0. The molecule has 0 unspecified atom stereocenters. The lowest BCUT2D eigenvalue weighted by molar-refractivity contribution is 0.518. The Hall–Kier alpha value is -0.990. The highest BCUT2D eigenvalue weighted by atomic mass is 15.2. The average molecular weight is 181 g/mol. The van der Waals surface area contributed by atoms with E-state index in [1.807, 2.05) is 12.4 Å². The molecule has 1 rings (SSSR count). The van der Waals surface area contributed by atoms with Crippen molar-refractivity contribution in [3.05, 3.63) is 12.4 Å². The van der Waals surface area contributed by atoms with Gasteiger partial charge in [0, 0.05) is 25.5 Å². The Morgan fingerprint density at radius 3 is 2.92 bits per heavy atom. The molecular formula is C10H19N3. The predicted molar refractivity (Wildman–Crippen MR) is 55.8 cm³/mol. The summed E-state index contributed by atoms with van der Waals surface area (Å²) in [4.78, 5) is 4.24. The molecule has 1 aromatic heterocycles. The predicted octanol–water partition coefficient (Wildman–Crippen LogP) is 2.36. The summed E-state index contributed by atoms with van der Waals surface area (Å²) in [6.45, 7) is 8.55. The minimum Gasteiger partial charge on any atom is -0.356 e. The van der Waals surface area contributed by atoms with Crippen molar-refractivity contribution in [1.82, 2.24) is 9.55 Å². The van der Waals surface area contributed by atoms with Crippen LogP contribution in [0.5, 0.6) is 0 Å². The van der Waals surface area contributed by atoms with Crippen LogP contribution in [0.25, 0.3) is 0 Å². The number of nitrogens with one attached hydrogen (secondary N) is 1. The second kappa shape index (κ2) is 4.90. The summed E-state index contributed by atoms with van der Waals surface area (Å²) < 4.78 is 2.17. The van der Waals surface area contributed by atoms with Crippen LogP contribution in [-0.2, 0) is 6.54 Å². The number of hydrogen-bond acceptors (Lipinski definition) is 2. The third-order valence-electron chi connectivity index (χ3n) is 2.00. The third kappa shape index (κ3) is 3.09. The van der Waals surface area contributed by atoms with Crippen molar-refractivity contribution in [2.45, 2.75) is 33.7 Å². The van der Waals surface area contributed by atoms with Crippen LogP contribution in [0.1, 0.15) is 27.2 Å². The van der Waals surface area contributed by atoms with Gasteiger partial charge in [-0.2, -0.15) is 0 Å². The molecule has 0 saturated carbocycles. The van der Waals surface area contributed by atoms with E-state index in [0.717, 1.165) is 25.0 Å². The lowest BCUT2D eigenvalue weighted by Gasteiger charge is -2.09. The van der Waals surface area contributed by atoms with Crippen LogP contribution in [0.2, 0.25) is 0 Å². The van der Waals surface area contributed by atoms with Crippen LogP contribution in [0, 0.1) is 5.92 Å². The van der Waals surface area contributed by atoms with E-state index >= 15 is 0 Å². The van der Waals surface area contributed by atoms with Crippen molar-refractivity contribution in [2.75, 3.05) is 11.9 Å². The van der Waals surface area contributed by atoms with Crippen molar-refractivity contribution >= 4 is 5.95 Å². The quantitative estimate of drug-likeness (QED) is 0.755. The van der Waals surface area contributed by atoms with E-state index in [-0.39, 0.29) is 0 Å². The first kappa shape index (κ1) is 10.1. The van der Waals surface area contributed by atoms with Gasteiger partial charge in [0.1, 0.15) is 0 Å². The molecule has 1 aromatic rings. The average Bonchev–Trinajstić information content (AvgIpc) is 2.49. The lowest BCUT2D eigenvalue weighted by atomic mass is 10.1. The van der Waals surface area contributed by atoms with Gasteiger partial charge < -0.3 is 9.88 Å². The Morgan fingerprint density at radius 1 is 1.54 bits per heavy atom. The summed E-state index contributed by atoms with van der Waals surface area (Å²) in [5.41, 5.74) is 0. The highest BCUT2D eigenvalue weighted by Gasteiger charge is 2.01. The smallest absolute Gasteiger partial charge is 0.202 e. The first-order valence-corrected chi connectivity index (χ1v) is 4.99. The molecule has 3 heteroatoms. The second-order valence-corrected chi connectivity index (χ2v) is 3.66. The van der Waals surface area contributed by atoms with Crippen LogP contribution in [0.15, 0.2) is 12.4 Å². The summed E-state index contributed by atoms with van der Waals surface area (Å²) in [6.07, 6.45) is 5.08. The Labute approximate surface area is 80.2 Å². The molecule has 0 aliphatic rings. The molecule has 0 bridgehead atoms. The number of imidazole rings is 1. The summed E-state index contributed by atoms with van der Waals surface area (Å²) in [7, 11) is 0. The standard InChI is InChI=1S/C10H19N3/c1-4-11-10-12-6-8-13(10)7-5-9(2)3/h6,8-9H,4-5,7H2,1-3H3,(H,11,12). The van der Waals surface area contributed by atoms with Gasteiger partial charge in [0.2, 0.25) is 5.95 Å². The Balaban J connectivity index is 2.49. The molecule has 0 spiro atoms. The fourth-order valence-corrected chi connectivity index (χ4v) is 1.21. The van der Waals surface area contributed by atoms with Crippen LogP contribution >= 0.6 is 0 Å². The third-order valence-corrected chi connectivity index (χ3v) is 2.00. The number of rotatable bonds is 5. The first-order chi connectivity index (χ1) is 6.24. The van der Waals surface area contributed by atoms with Gasteiger partial charge >= 0.3 is 0 Å². The Bertz CT molecular complexity index is 240. The topological polar surface area (TPSA) is 29.9 Å². The molecule has 3 nitrogen and oxygen atoms in total. The van der Waals surface area contributed by atoms with E-state index in [0.29, 0.717) is 0 Å². The minimum atomic E-state index is 0.747. The first-order valence-electron chi connectivity index (χ1n) is 4.99. The van der Waals surface area contributed by atoms with Gasteiger partial charge in [-0.1, -0.05) is 13.8 Å². The van der Waals surface area contributed by atoms with Crippen LogP contribution < -0.4 is 5.32 Å². The van der Waals surface area contributed by atoms with Gasteiger partial charge in [0.25, 0.3) is 0 Å². The van der Waals surface area contributed by atoms with Crippen molar-refractivity contribution in [3.8, 4) is 0 Å². The molecule has 0 radical (unpaired) electrons. The molecular weight excluding hydrogens is 162 g/mol. The molecule has 0 atom stereocenters. The van der Waals surface area contributed by atoms with E-state index in [4.69, 9.17) is 0 Å². The zero-order chi connectivity index (χ0) is 9.68. The van der Waals surface area contributed by atoms with Crippen molar-refractivity contribution in [1.29, 1.82) is 0 Å². The molecule has 0 aliphatic carbocycles. The number of anilines is 1.